The minimum atomic E-state index is -0.455. The minimum absolute atomic E-state index is 0.172. The number of hydrogen-bond acceptors (Lipinski definition) is 3. The lowest BCUT2D eigenvalue weighted by Gasteiger charge is -2.09. The number of benzene rings is 1. The summed E-state index contributed by atoms with van der Waals surface area (Å²) in [6.07, 6.45) is 1.58. The third-order valence-corrected chi connectivity index (χ3v) is 2.98. The summed E-state index contributed by atoms with van der Waals surface area (Å²) in [6, 6.07) is 8.18. The third-order valence-electron chi connectivity index (χ3n) is 2.79. The monoisotopic (exact) mass is 277 g/mol. The molecule has 0 radical (unpaired) electrons. The SMILES string of the molecule is COc1cccc(-c2cc(Cl)nc3ccnn23)c1F. The van der Waals surface area contributed by atoms with E-state index in [0.29, 0.717) is 16.9 Å². The second-order valence-corrected chi connectivity index (χ2v) is 4.27. The summed E-state index contributed by atoms with van der Waals surface area (Å²) in [7, 11) is 1.42. The topological polar surface area (TPSA) is 39.4 Å². The zero-order chi connectivity index (χ0) is 13.4. The highest BCUT2D eigenvalue weighted by atomic mass is 35.5. The minimum Gasteiger partial charge on any atom is -0.494 e. The number of halogens is 2. The Hall–Kier alpha value is -2.14. The highest BCUT2D eigenvalue weighted by Crippen LogP contribution is 2.30. The van der Waals surface area contributed by atoms with E-state index in [2.05, 4.69) is 10.1 Å². The lowest BCUT2D eigenvalue weighted by molar-refractivity contribution is 0.387. The van der Waals surface area contributed by atoms with Gasteiger partial charge in [0, 0.05) is 17.7 Å². The van der Waals surface area contributed by atoms with E-state index >= 15 is 0 Å². The fraction of sp³-hybridized carbons (Fsp3) is 0.0769. The van der Waals surface area contributed by atoms with E-state index in [-0.39, 0.29) is 10.9 Å². The normalized spacial score (nSPS) is 10.9. The van der Waals surface area contributed by atoms with E-state index in [0.717, 1.165) is 0 Å². The molecule has 2 heterocycles. The van der Waals surface area contributed by atoms with Crippen LogP contribution >= 0.6 is 11.6 Å². The van der Waals surface area contributed by atoms with Gasteiger partial charge in [-0.1, -0.05) is 17.7 Å². The molecule has 0 aliphatic heterocycles. The second kappa shape index (κ2) is 4.51. The van der Waals surface area contributed by atoms with Gasteiger partial charge in [-0.05, 0) is 12.1 Å². The van der Waals surface area contributed by atoms with Gasteiger partial charge in [-0.3, -0.25) is 0 Å². The van der Waals surface area contributed by atoms with Crippen molar-refractivity contribution in [2.45, 2.75) is 0 Å². The molecule has 19 heavy (non-hydrogen) atoms. The van der Waals surface area contributed by atoms with E-state index in [1.54, 1.807) is 36.5 Å². The number of methoxy groups -OCH3 is 1. The lowest BCUT2D eigenvalue weighted by Crippen LogP contribution is -1.99. The van der Waals surface area contributed by atoms with Crippen LogP contribution in [0.1, 0.15) is 0 Å². The van der Waals surface area contributed by atoms with E-state index in [9.17, 15) is 4.39 Å². The molecule has 0 bridgehead atoms. The van der Waals surface area contributed by atoms with Gasteiger partial charge in [-0.2, -0.15) is 5.10 Å². The van der Waals surface area contributed by atoms with E-state index < -0.39 is 5.82 Å². The van der Waals surface area contributed by atoms with E-state index in [1.165, 1.54) is 11.6 Å². The molecule has 0 saturated carbocycles. The van der Waals surface area contributed by atoms with Crippen LogP contribution in [0.15, 0.2) is 36.5 Å². The molecule has 1 aromatic carbocycles. The molecule has 0 N–H and O–H groups in total. The summed E-state index contributed by atoms with van der Waals surface area (Å²) in [5.74, 6) is -0.283. The van der Waals surface area contributed by atoms with Gasteiger partial charge in [0.05, 0.1) is 19.0 Å². The van der Waals surface area contributed by atoms with Crippen molar-refractivity contribution in [3.63, 3.8) is 0 Å². The summed E-state index contributed by atoms with van der Waals surface area (Å²) in [5, 5.41) is 4.40. The fourth-order valence-corrected chi connectivity index (χ4v) is 2.13. The Balaban J connectivity index is 2.33. The molecule has 0 amide bonds. The predicted octanol–water partition coefficient (Wildman–Crippen LogP) is 3.20. The van der Waals surface area contributed by atoms with Gasteiger partial charge >= 0.3 is 0 Å². The number of aromatic nitrogens is 3. The molecule has 6 heteroatoms. The fourth-order valence-electron chi connectivity index (χ4n) is 1.94. The van der Waals surface area contributed by atoms with Crippen LogP contribution in [0.25, 0.3) is 16.9 Å². The molecule has 2 aromatic heterocycles. The Kier molecular flexibility index (Phi) is 2.83. The zero-order valence-electron chi connectivity index (χ0n) is 9.97. The molecule has 0 spiro atoms. The van der Waals surface area contributed by atoms with Gasteiger partial charge in [0.25, 0.3) is 0 Å². The molecular formula is C13H9ClFN3O. The average molecular weight is 278 g/mol. The van der Waals surface area contributed by atoms with Crippen LogP contribution in [-0.4, -0.2) is 21.7 Å². The molecule has 0 atom stereocenters. The first kappa shape index (κ1) is 11.9. The second-order valence-electron chi connectivity index (χ2n) is 3.89. The van der Waals surface area contributed by atoms with Crippen molar-refractivity contribution < 1.29 is 9.13 Å². The summed E-state index contributed by atoms with van der Waals surface area (Å²) < 4.78 is 20.8. The largest absolute Gasteiger partial charge is 0.494 e. The van der Waals surface area contributed by atoms with Gasteiger partial charge in [-0.25, -0.2) is 13.9 Å². The Morgan fingerprint density at radius 3 is 2.95 bits per heavy atom. The number of fused-ring (bicyclic) bond motifs is 1. The highest BCUT2D eigenvalue weighted by molar-refractivity contribution is 6.29. The van der Waals surface area contributed by atoms with Gasteiger partial charge in [0.15, 0.2) is 17.2 Å². The van der Waals surface area contributed by atoms with Crippen molar-refractivity contribution in [1.82, 2.24) is 14.6 Å². The Morgan fingerprint density at radius 1 is 1.32 bits per heavy atom. The molecular weight excluding hydrogens is 269 g/mol. The molecule has 0 fully saturated rings. The smallest absolute Gasteiger partial charge is 0.174 e. The summed E-state index contributed by atoms with van der Waals surface area (Å²) in [6.45, 7) is 0. The van der Waals surface area contributed by atoms with Crippen LogP contribution in [-0.2, 0) is 0 Å². The molecule has 3 aromatic rings. The molecule has 0 unspecified atom stereocenters. The predicted molar refractivity (Wildman–Crippen MR) is 69.9 cm³/mol. The van der Waals surface area contributed by atoms with Crippen molar-refractivity contribution >= 4 is 17.2 Å². The van der Waals surface area contributed by atoms with Gasteiger partial charge < -0.3 is 4.74 Å². The lowest BCUT2D eigenvalue weighted by atomic mass is 10.1. The highest BCUT2D eigenvalue weighted by Gasteiger charge is 2.14. The molecule has 0 aliphatic carbocycles. The standard InChI is InChI=1S/C13H9ClFN3O/c1-19-10-4-2-3-8(13(10)15)9-7-11(14)17-12-5-6-16-18(9)12/h2-7H,1H3. The van der Waals surface area contributed by atoms with Crippen LogP contribution in [0.2, 0.25) is 5.15 Å². The quantitative estimate of drug-likeness (QED) is 0.675. The summed E-state index contributed by atoms with van der Waals surface area (Å²) in [5.41, 5.74) is 1.44. The Bertz CT molecular complexity index is 757. The number of rotatable bonds is 2. The van der Waals surface area contributed by atoms with Crippen molar-refractivity contribution in [1.29, 1.82) is 0 Å². The van der Waals surface area contributed by atoms with Crippen molar-refractivity contribution in [3.05, 3.63) is 47.5 Å². The molecule has 3 rings (SSSR count). The first-order valence-corrected chi connectivity index (χ1v) is 5.91. The maximum absolute atomic E-state index is 14.3. The first-order valence-electron chi connectivity index (χ1n) is 5.54. The molecule has 0 saturated heterocycles. The van der Waals surface area contributed by atoms with Gasteiger partial charge in [0.1, 0.15) is 5.15 Å². The summed E-state index contributed by atoms with van der Waals surface area (Å²) >= 11 is 5.95. The number of hydrogen-bond donors (Lipinski definition) is 0. The van der Waals surface area contributed by atoms with Crippen LogP contribution in [0.4, 0.5) is 4.39 Å². The van der Waals surface area contributed by atoms with Crippen molar-refractivity contribution in [3.8, 4) is 17.0 Å². The maximum atomic E-state index is 14.3. The molecule has 4 nitrogen and oxygen atoms in total. The van der Waals surface area contributed by atoms with Crippen LogP contribution < -0.4 is 4.74 Å². The maximum Gasteiger partial charge on any atom is 0.174 e. The summed E-state index contributed by atoms with van der Waals surface area (Å²) in [4.78, 5) is 4.11. The van der Waals surface area contributed by atoms with Crippen LogP contribution in [0.5, 0.6) is 5.75 Å². The van der Waals surface area contributed by atoms with Crippen molar-refractivity contribution in [2.24, 2.45) is 0 Å². The number of ether oxygens (including phenoxy) is 1. The van der Waals surface area contributed by atoms with Crippen molar-refractivity contribution in [2.75, 3.05) is 7.11 Å². The third kappa shape index (κ3) is 1.92. The zero-order valence-corrected chi connectivity index (χ0v) is 10.7. The number of nitrogens with zero attached hydrogens (tertiary/aromatic N) is 3. The first-order chi connectivity index (χ1) is 9.20. The van der Waals surface area contributed by atoms with E-state index in [1.807, 2.05) is 0 Å². The Morgan fingerprint density at radius 2 is 2.16 bits per heavy atom. The molecule has 96 valence electrons. The average Bonchev–Trinajstić information content (AvgIpc) is 2.86. The van der Waals surface area contributed by atoms with Crippen LogP contribution in [0, 0.1) is 5.82 Å². The molecule has 0 aliphatic rings. The van der Waals surface area contributed by atoms with Gasteiger partial charge in [-0.15, -0.1) is 0 Å². The van der Waals surface area contributed by atoms with Crippen LogP contribution in [0.3, 0.4) is 0 Å². The Labute approximate surface area is 113 Å². The van der Waals surface area contributed by atoms with Gasteiger partial charge in [0.2, 0.25) is 0 Å². The van der Waals surface area contributed by atoms with E-state index in [4.69, 9.17) is 16.3 Å².